The molecular weight excluding hydrogens is 406 g/mol. The Labute approximate surface area is 186 Å². The van der Waals surface area contributed by atoms with E-state index in [2.05, 4.69) is 24.1 Å². The van der Waals surface area contributed by atoms with Crippen molar-refractivity contribution < 1.29 is 14.4 Å². The highest BCUT2D eigenvalue weighted by molar-refractivity contribution is 6.20. The Morgan fingerprint density at radius 2 is 1.88 bits per heavy atom. The molecule has 1 aromatic carbocycles. The fourth-order valence-corrected chi connectivity index (χ4v) is 4.16. The van der Waals surface area contributed by atoms with Crippen LogP contribution in [0, 0.1) is 5.92 Å². The third-order valence-corrected chi connectivity index (χ3v) is 5.69. The Bertz CT molecular complexity index is 1150. The van der Waals surface area contributed by atoms with E-state index >= 15 is 0 Å². The van der Waals surface area contributed by atoms with E-state index in [4.69, 9.17) is 4.98 Å². The molecule has 3 heterocycles. The number of aryl methyl sites for hydroxylation is 1. The first-order chi connectivity index (χ1) is 15.4. The van der Waals surface area contributed by atoms with Gasteiger partial charge in [0.1, 0.15) is 11.5 Å². The summed E-state index contributed by atoms with van der Waals surface area (Å²) >= 11 is 0. The zero-order chi connectivity index (χ0) is 22.8. The lowest BCUT2D eigenvalue weighted by Gasteiger charge is -2.21. The van der Waals surface area contributed by atoms with Gasteiger partial charge in [-0.3, -0.25) is 24.3 Å². The van der Waals surface area contributed by atoms with Gasteiger partial charge in [-0.1, -0.05) is 26.0 Å². The number of hydrogen-bond acceptors (Lipinski definition) is 5. The van der Waals surface area contributed by atoms with Gasteiger partial charge in [-0.05, 0) is 43.0 Å². The highest BCUT2D eigenvalue weighted by Gasteiger charge is 2.36. The molecule has 0 bridgehead atoms. The van der Waals surface area contributed by atoms with Gasteiger partial charge in [0.25, 0.3) is 11.8 Å². The zero-order valence-electron chi connectivity index (χ0n) is 18.5. The van der Waals surface area contributed by atoms with Crippen LogP contribution < -0.4 is 5.32 Å². The van der Waals surface area contributed by atoms with Crippen LogP contribution in [0.2, 0.25) is 0 Å². The molecule has 3 aromatic rings. The minimum absolute atomic E-state index is 0.127. The van der Waals surface area contributed by atoms with Gasteiger partial charge in [0, 0.05) is 26.2 Å². The fourth-order valence-electron chi connectivity index (χ4n) is 4.16. The van der Waals surface area contributed by atoms with Crippen LogP contribution in [0.1, 0.15) is 65.8 Å². The van der Waals surface area contributed by atoms with E-state index in [0.29, 0.717) is 17.9 Å². The van der Waals surface area contributed by atoms with Gasteiger partial charge in [0.15, 0.2) is 0 Å². The maximum absolute atomic E-state index is 12.7. The minimum Gasteiger partial charge on any atom is -0.346 e. The first-order valence-corrected chi connectivity index (χ1v) is 10.9. The monoisotopic (exact) mass is 433 g/mol. The van der Waals surface area contributed by atoms with Crippen LogP contribution in [0.5, 0.6) is 0 Å². The lowest BCUT2D eigenvalue weighted by atomic mass is 10.0. The molecule has 0 radical (unpaired) electrons. The molecule has 0 unspecified atom stereocenters. The number of nitrogens with one attached hydrogen (secondary N) is 1. The molecule has 0 saturated heterocycles. The van der Waals surface area contributed by atoms with Crippen molar-refractivity contribution >= 4 is 28.8 Å². The van der Waals surface area contributed by atoms with Crippen LogP contribution in [0.3, 0.4) is 0 Å². The smallest absolute Gasteiger partial charge is 0.280 e. The molecule has 0 saturated carbocycles. The largest absolute Gasteiger partial charge is 0.346 e. The Hall–Kier alpha value is -3.55. The minimum atomic E-state index is -0.400. The number of carbonyl (C=O) groups excluding carboxylic acids is 3. The van der Waals surface area contributed by atoms with Crippen molar-refractivity contribution in [1.29, 1.82) is 0 Å². The van der Waals surface area contributed by atoms with E-state index in [1.807, 2.05) is 35.9 Å². The van der Waals surface area contributed by atoms with Gasteiger partial charge < -0.3 is 9.88 Å². The summed E-state index contributed by atoms with van der Waals surface area (Å²) < 4.78 is 2.02. The van der Waals surface area contributed by atoms with E-state index in [0.717, 1.165) is 23.3 Å². The SMILES string of the molecule is CC(C)C[C@H](NC(=O)CCCN1C(=O)c2cccnc2C1=O)c1nc2ccccc2n1C. The molecule has 1 aliphatic heterocycles. The molecule has 3 amide bonds. The van der Waals surface area contributed by atoms with Crippen LogP contribution in [-0.4, -0.2) is 43.7 Å². The Balaban J connectivity index is 1.40. The number of benzene rings is 1. The van der Waals surface area contributed by atoms with Crippen LogP contribution in [-0.2, 0) is 11.8 Å². The molecule has 0 aliphatic carbocycles. The van der Waals surface area contributed by atoms with E-state index in [9.17, 15) is 14.4 Å². The number of hydrogen-bond donors (Lipinski definition) is 1. The van der Waals surface area contributed by atoms with Crippen molar-refractivity contribution in [1.82, 2.24) is 24.8 Å². The van der Waals surface area contributed by atoms with Crippen LogP contribution in [0.25, 0.3) is 11.0 Å². The lowest BCUT2D eigenvalue weighted by Crippen LogP contribution is -2.34. The van der Waals surface area contributed by atoms with Gasteiger partial charge in [0.2, 0.25) is 5.91 Å². The summed E-state index contributed by atoms with van der Waals surface area (Å²) in [6.07, 6.45) is 2.84. The van der Waals surface area contributed by atoms with Gasteiger partial charge >= 0.3 is 0 Å². The molecule has 0 fully saturated rings. The first kappa shape index (κ1) is 21.7. The molecule has 8 heteroatoms. The van der Waals surface area contributed by atoms with Gasteiger partial charge in [-0.2, -0.15) is 0 Å². The van der Waals surface area contributed by atoms with E-state index in [1.165, 1.54) is 11.1 Å². The summed E-state index contributed by atoms with van der Waals surface area (Å²) in [5.74, 6) is 0.308. The quantitative estimate of drug-likeness (QED) is 0.550. The van der Waals surface area contributed by atoms with E-state index < -0.39 is 5.91 Å². The van der Waals surface area contributed by atoms with Gasteiger partial charge in [-0.25, -0.2) is 4.98 Å². The molecule has 1 aliphatic rings. The first-order valence-electron chi connectivity index (χ1n) is 10.9. The van der Waals surface area contributed by atoms with Crippen molar-refractivity contribution in [3.63, 3.8) is 0 Å². The maximum Gasteiger partial charge on any atom is 0.280 e. The molecule has 1 N–H and O–H groups in total. The predicted octanol–water partition coefficient (Wildman–Crippen LogP) is 3.25. The second-order valence-electron chi connectivity index (χ2n) is 8.53. The molecule has 1 atom stereocenters. The normalized spacial score (nSPS) is 14.3. The number of fused-ring (bicyclic) bond motifs is 2. The molecular formula is C24H27N5O3. The number of pyridine rings is 1. The van der Waals surface area contributed by atoms with E-state index in [-0.39, 0.29) is 36.5 Å². The van der Waals surface area contributed by atoms with Crippen molar-refractivity contribution in [2.45, 2.75) is 39.2 Å². The highest BCUT2D eigenvalue weighted by atomic mass is 16.2. The fraction of sp³-hybridized carbons (Fsp3) is 0.375. The van der Waals surface area contributed by atoms with Crippen molar-refractivity contribution in [3.8, 4) is 0 Å². The number of amides is 3. The van der Waals surface area contributed by atoms with Crippen molar-refractivity contribution in [2.24, 2.45) is 13.0 Å². The topological polar surface area (TPSA) is 97.2 Å². The van der Waals surface area contributed by atoms with Crippen molar-refractivity contribution in [2.75, 3.05) is 6.54 Å². The maximum atomic E-state index is 12.7. The lowest BCUT2D eigenvalue weighted by molar-refractivity contribution is -0.122. The number of imidazole rings is 1. The van der Waals surface area contributed by atoms with Crippen LogP contribution in [0.4, 0.5) is 0 Å². The Morgan fingerprint density at radius 1 is 1.09 bits per heavy atom. The third kappa shape index (κ3) is 4.12. The number of nitrogens with zero attached hydrogens (tertiary/aromatic N) is 4. The summed E-state index contributed by atoms with van der Waals surface area (Å²) in [4.78, 5) is 47.5. The summed E-state index contributed by atoms with van der Waals surface area (Å²) in [5, 5.41) is 3.11. The average molecular weight is 434 g/mol. The Morgan fingerprint density at radius 3 is 2.59 bits per heavy atom. The Kier molecular flexibility index (Phi) is 6.03. The second-order valence-corrected chi connectivity index (χ2v) is 8.53. The predicted molar refractivity (Wildman–Crippen MR) is 120 cm³/mol. The van der Waals surface area contributed by atoms with Crippen LogP contribution >= 0.6 is 0 Å². The zero-order valence-corrected chi connectivity index (χ0v) is 18.5. The summed E-state index contributed by atoms with van der Waals surface area (Å²) in [6.45, 7) is 4.40. The van der Waals surface area contributed by atoms with Gasteiger partial charge in [-0.15, -0.1) is 0 Å². The summed E-state index contributed by atoms with van der Waals surface area (Å²) in [6, 6.07) is 10.9. The summed E-state index contributed by atoms with van der Waals surface area (Å²) in [7, 11) is 1.96. The average Bonchev–Trinajstić information content (AvgIpc) is 3.23. The molecule has 4 rings (SSSR count). The molecule has 8 nitrogen and oxygen atoms in total. The molecule has 166 valence electrons. The number of rotatable bonds is 8. The number of para-hydroxylation sites is 2. The van der Waals surface area contributed by atoms with E-state index in [1.54, 1.807) is 12.1 Å². The summed E-state index contributed by atoms with van der Waals surface area (Å²) in [5.41, 5.74) is 2.42. The highest BCUT2D eigenvalue weighted by Crippen LogP contribution is 2.25. The standard InChI is InChI=1S/C24H27N5O3/c1-15(2)14-18(22-27-17-9-4-5-10-19(17)28(22)3)26-20(30)11-7-13-29-23(31)16-8-6-12-25-21(16)24(29)32/h4-6,8-10,12,15,18H,7,11,13-14H2,1-3H3,(H,26,30)/t18-/m0/s1. The second kappa shape index (κ2) is 8.90. The number of imide groups is 1. The van der Waals surface area contributed by atoms with Crippen LogP contribution in [0.15, 0.2) is 42.6 Å². The number of aromatic nitrogens is 3. The molecule has 0 spiro atoms. The van der Waals surface area contributed by atoms with Crippen molar-refractivity contribution in [3.05, 3.63) is 59.7 Å². The third-order valence-electron chi connectivity index (χ3n) is 5.69. The molecule has 32 heavy (non-hydrogen) atoms. The molecule has 2 aromatic heterocycles. The van der Waals surface area contributed by atoms with Gasteiger partial charge in [0.05, 0.1) is 22.6 Å². The number of carbonyl (C=O) groups is 3.